The summed E-state index contributed by atoms with van der Waals surface area (Å²) in [5.41, 5.74) is 0.297. The van der Waals surface area contributed by atoms with Gasteiger partial charge in [0.1, 0.15) is 0 Å². The summed E-state index contributed by atoms with van der Waals surface area (Å²) >= 11 is 0. The predicted molar refractivity (Wildman–Crippen MR) is 69.6 cm³/mol. The molecule has 2 unspecified atom stereocenters. The van der Waals surface area contributed by atoms with Crippen LogP contribution in [0.1, 0.15) is 5.56 Å². The summed E-state index contributed by atoms with van der Waals surface area (Å²) in [7, 11) is 0. The number of aliphatic hydroxyl groups is 2. The largest absolute Gasteiger partial charge is 0.504 e. The van der Waals surface area contributed by atoms with Gasteiger partial charge in [0.2, 0.25) is 0 Å². The first-order chi connectivity index (χ1) is 10.2. The zero-order valence-electron chi connectivity index (χ0n) is 10.9. The van der Waals surface area contributed by atoms with Crippen molar-refractivity contribution in [2.24, 2.45) is 0 Å². The zero-order valence-corrected chi connectivity index (χ0v) is 10.9. The van der Waals surface area contributed by atoms with Crippen LogP contribution in [-0.2, 0) is 19.1 Å². The summed E-state index contributed by atoms with van der Waals surface area (Å²) in [5, 5.41) is 44.7. The monoisotopic (exact) mass is 312 g/mol. The molecule has 9 nitrogen and oxygen atoms in total. The molecule has 0 spiro atoms. The Morgan fingerprint density at radius 1 is 1.05 bits per heavy atom. The summed E-state index contributed by atoms with van der Waals surface area (Å²) in [5.74, 6) is -5.49. The molecule has 2 atom stereocenters. The Balaban J connectivity index is 2.65. The lowest BCUT2D eigenvalue weighted by Gasteiger charge is -2.11. The van der Waals surface area contributed by atoms with Crippen LogP contribution in [0.3, 0.4) is 0 Å². The van der Waals surface area contributed by atoms with E-state index >= 15 is 0 Å². The van der Waals surface area contributed by atoms with Gasteiger partial charge in [-0.2, -0.15) is 0 Å². The van der Waals surface area contributed by atoms with Gasteiger partial charge in [0.25, 0.3) is 0 Å². The lowest BCUT2D eigenvalue weighted by atomic mass is 10.2. The van der Waals surface area contributed by atoms with E-state index in [2.05, 4.69) is 4.74 Å². The van der Waals surface area contributed by atoms with Crippen molar-refractivity contribution in [2.45, 2.75) is 12.2 Å². The third-order valence-corrected chi connectivity index (χ3v) is 2.41. The van der Waals surface area contributed by atoms with Gasteiger partial charge in [-0.15, -0.1) is 0 Å². The molecule has 1 rings (SSSR count). The first-order valence-electron chi connectivity index (χ1n) is 5.77. The number of hydrogen-bond donors (Lipinski definition) is 5. The fourth-order valence-corrected chi connectivity index (χ4v) is 1.27. The first-order valence-corrected chi connectivity index (χ1v) is 5.77. The molecule has 0 saturated carbocycles. The van der Waals surface area contributed by atoms with Crippen molar-refractivity contribution in [2.75, 3.05) is 0 Å². The van der Waals surface area contributed by atoms with Crippen LogP contribution in [0.5, 0.6) is 11.5 Å². The lowest BCUT2D eigenvalue weighted by Crippen LogP contribution is -2.41. The van der Waals surface area contributed by atoms with Crippen LogP contribution in [0.25, 0.3) is 6.08 Å². The van der Waals surface area contributed by atoms with Crippen LogP contribution in [0.2, 0.25) is 0 Å². The number of aliphatic carboxylic acids is 1. The Labute approximate surface area is 123 Å². The molecule has 9 heteroatoms. The smallest absolute Gasteiger partial charge is 0.346 e. The molecule has 118 valence electrons. The number of rotatable bonds is 5. The molecular weight excluding hydrogens is 300 g/mol. The predicted octanol–water partition coefficient (Wildman–Crippen LogP) is -1.01. The molecule has 0 aliphatic carbocycles. The second-order valence-electron chi connectivity index (χ2n) is 4.05. The van der Waals surface area contributed by atoms with Crippen LogP contribution in [0.4, 0.5) is 0 Å². The number of esters is 2. The highest BCUT2D eigenvalue weighted by molar-refractivity contribution is 5.97. The number of carboxylic acids is 1. The highest BCUT2D eigenvalue weighted by Crippen LogP contribution is 2.25. The van der Waals surface area contributed by atoms with Crippen LogP contribution in [-0.4, -0.2) is 55.6 Å². The SMILES string of the molecule is O=C(C=Cc1ccc(O)c(O)c1)OC(=O)C(O)C(O)C(=O)O. The van der Waals surface area contributed by atoms with Gasteiger partial charge >= 0.3 is 17.9 Å². The van der Waals surface area contributed by atoms with E-state index in [1.54, 1.807) is 0 Å². The minimum Gasteiger partial charge on any atom is -0.504 e. The molecule has 0 aliphatic heterocycles. The van der Waals surface area contributed by atoms with Crippen molar-refractivity contribution >= 4 is 24.0 Å². The minimum absolute atomic E-state index is 0.297. The van der Waals surface area contributed by atoms with Crippen LogP contribution in [0.15, 0.2) is 24.3 Å². The average molecular weight is 312 g/mol. The number of carboxylic acid groups (broad SMARTS) is 1. The number of aliphatic hydroxyl groups excluding tert-OH is 2. The highest BCUT2D eigenvalue weighted by atomic mass is 16.6. The summed E-state index contributed by atoms with van der Waals surface area (Å²) in [6.45, 7) is 0. The minimum atomic E-state index is -2.42. The van der Waals surface area contributed by atoms with Gasteiger partial charge in [-0.25, -0.2) is 14.4 Å². The normalized spacial score (nSPS) is 13.5. The quantitative estimate of drug-likeness (QED) is 0.198. The maximum absolute atomic E-state index is 11.3. The van der Waals surface area contributed by atoms with E-state index in [-0.39, 0.29) is 5.75 Å². The van der Waals surface area contributed by atoms with Gasteiger partial charge in [0.15, 0.2) is 23.7 Å². The summed E-state index contributed by atoms with van der Waals surface area (Å²) in [6.07, 6.45) is -2.93. The molecule has 0 fully saturated rings. The van der Waals surface area contributed by atoms with Gasteiger partial charge in [-0.1, -0.05) is 6.07 Å². The molecule has 0 saturated heterocycles. The molecule has 0 amide bonds. The Morgan fingerprint density at radius 3 is 2.23 bits per heavy atom. The van der Waals surface area contributed by atoms with Crippen LogP contribution in [0, 0.1) is 0 Å². The van der Waals surface area contributed by atoms with E-state index in [4.69, 9.17) is 20.4 Å². The number of phenolic OH excluding ortho intramolecular Hbond substituents is 2. The third-order valence-electron chi connectivity index (χ3n) is 2.41. The molecule has 1 aromatic carbocycles. The number of hydrogen-bond acceptors (Lipinski definition) is 8. The second kappa shape index (κ2) is 7.20. The lowest BCUT2D eigenvalue weighted by molar-refractivity contribution is -0.173. The maximum Gasteiger partial charge on any atom is 0.346 e. The van der Waals surface area contributed by atoms with E-state index in [1.165, 1.54) is 12.1 Å². The maximum atomic E-state index is 11.3. The van der Waals surface area contributed by atoms with Gasteiger partial charge < -0.3 is 30.3 Å². The molecule has 0 heterocycles. The van der Waals surface area contributed by atoms with Crippen molar-refractivity contribution in [3.8, 4) is 11.5 Å². The van der Waals surface area contributed by atoms with Gasteiger partial charge in [-0.05, 0) is 23.8 Å². The topological polar surface area (TPSA) is 162 Å². The molecule has 22 heavy (non-hydrogen) atoms. The van der Waals surface area contributed by atoms with E-state index in [1.807, 2.05) is 0 Å². The number of benzene rings is 1. The number of phenols is 2. The van der Waals surface area contributed by atoms with Gasteiger partial charge in [0, 0.05) is 6.08 Å². The molecule has 1 aromatic rings. The molecule has 5 N–H and O–H groups in total. The van der Waals surface area contributed by atoms with Crippen molar-refractivity contribution in [3.05, 3.63) is 29.8 Å². The van der Waals surface area contributed by atoms with Crippen molar-refractivity contribution in [1.82, 2.24) is 0 Å². The third kappa shape index (κ3) is 4.58. The second-order valence-corrected chi connectivity index (χ2v) is 4.05. The first kappa shape index (κ1) is 17.1. The molecule has 0 radical (unpaired) electrons. The van der Waals surface area contributed by atoms with Crippen molar-refractivity contribution < 1.29 is 44.7 Å². The zero-order chi connectivity index (χ0) is 16.9. The Bertz CT molecular complexity index is 620. The standard InChI is InChI=1S/C13H12O9/c14-7-3-1-6(5-8(7)15)2-4-9(16)22-13(21)11(18)10(17)12(19)20/h1-5,10-11,14-15,17-18H,(H,19,20). The van der Waals surface area contributed by atoms with E-state index < -0.39 is 35.9 Å². The van der Waals surface area contributed by atoms with Gasteiger partial charge in [-0.3, -0.25) is 0 Å². The van der Waals surface area contributed by atoms with Crippen LogP contribution < -0.4 is 0 Å². The number of ether oxygens (including phenoxy) is 1. The summed E-state index contributed by atoms with van der Waals surface area (Å²) in [4.78, 5) is 32.8. The summed E-state index contributed by atoms with van der Waals surface area (Å²) in [6, 6.07) is 3.64. The van der Waals surface area contributed by atoms with Crippen LogP contribution >= 0.6 is 0 Å². The Kier molecular flexibility index (Phi) is 5.61. The number of carbonyl (C=O) groups is 3. The number of carbonyl (C=O) groups excluding carboxylic acids is 2. The van der Waals surface area contributed by atoms with Crippen molar-refractivity contribution in [1.29, 1.82) is 0 Å². The van der Waals surface area contributed by atoms with E-state index in [0.717, 1.165) is 18.2 Å². The van der Waals surface area contributed by atoms with Crippen molar-refractivity contribution in [3.63, 3.8) is 0 Å². The Hall–Kier alpha value is -2.91. The van der Waals surface area contributed by atoms with E-state index in [9.17, 15) is 19.5 Å². The van der Waals surface area contributed by atoms with E-state index in [0.29, 0.717) is 5.56 Å². The molecule has 0 aromatic heterocycles. The average Bonchev–Trinajstić information content (AvgIpc) is 2.46. The fourth-order valence-electron chi connectivity index (χ4n) is 1.27. The number of aromatic hydroxyl groups is 2. The molecule has 0 aliphatic rings. The molecule has 0 bridgehead atoms. The Morgan fingerprint density at radius 2 is 1.68 bits per heavy atom. The highest BCUT2D eigenvalue weighted by Gasteiger charge is 2.32. The van der Waals surface area contributed by atoms with Gasteiger partial charge in [0.05, 0.1) is 0 Å². The summed E-state index contributed by atoms with van der Waals surface area (Å²) < 4.78 is 4.11. The molecular formula is C13H12O9. The fraction of sp³-hybridized carbons (Fsp3) is 0.154.